The van der Waals surface area contributed by atoms with E-state index in [1.807, 2.05) is 0 Å². The van der Waals surface area contributed by atoms with Gasteiger partial charge in [-0.05, 0) is 30.2 Å². The first-order valence-corrected chi connectivity index (χ1v) is 8.37. The van der Waals surface area contributed by atoms with Crippen LogP contribution in [0.1, 0.15) is 12.5 Å². The molecule has 0 saturated heterocycles. The Labute approximate surface area is 164 Å². The lowest BCUT2D eigenvalue weighted by atomic mass is 10.1. The molecule has 28 heavy (non-hydrogen) atoms. The summed E-state index contributed by atoms with van der Waals surface area (Å²) in [5.74, 6) is -2.84. The fraction of sp³-hybridized carbons (Fsp3) is 0.130. The van der Waals surface area contributed by atoms with E-state index in [1.54, 1.807) is 6.92 Å². The van der Waals surface area contributed by atoms with E-state index >= 15 is 0 Å². The topological polar surface area (TPSA) is 18.5 Å². The van der Waals surface area contributed by atoms with Crippen molar-refractivity contribution in [3.63, 3.8) is 0 Å². The van der Waals surface area contributed by atoms with Crippen LogP contribution in [0.5, 0.6) is 5.75 Å². The molecule has 0 aliphatic heterocycles. The Bertz CT molecular complexity index is 861. The minimum atomic E-state index is -1.10. The average molecular weight is 388 g/mol. The third-order valence-electron chi connectivity index (χ3n) is 3.52. The van der Waals surface area contributed by atoms with Crippen LogP contribution in [0.4, 0.5) is 13.2 Å². The summed E-state index contributed by atoms with van der Waals surface area (Å²) in [6, 6.07) is 2.66. The van der Waals surface area contributed by atoms with E-state index in [1.165, 1.54) is 30.4 Å². The smallest absolute Gasteiger partial charge is 0.201 e. The van der Waals surface area contributed by atoms with Gasteiger partial charge in [-0.2, -0.15) is 4.39 Å². The van der Waals surface area contributed by atoms with Crippen LogP contribution >= 0.6 is 0 Å². The number of rotatable bonds is 11. The second-order valence-corrected chi connectivity index (χ2v) is 5.66. The van der Waals surface area contributed by atoms with Crippen LogP contribution in [-0.2, 0) is 4.74 Å². The first kappa shape index (κ1) is 22.8. The van der Waals surface area contributed by atoms with Crippen LogP contribution in [-0.4, -0.2) is 13.2 Å². The van der Waals surface area contributed by atoms with Gasteiger partial charge >= 0.3 is 0 Å². The highest BCUT2D eigenvalue weighted by Crippen LogP contribution is 2.24. The predicted molar refractivity (Wildman–Crippen MR) is 108 cm³/mol. The largest absolute Gasteiger partial charge is 0.494 e. The SMILES string of the molecule is C=Cc1ccc(OCC(=C)/C=C\C(=C)C(=C)/C(F)=C\C(=C)OCC)c(F)c1F. The Morgan fingerprint density at radius 2 is 1.75 bits per heavy atom. The van der Waals surface area contributed by atoms with E-state index in [0.717, 1.165) is 6.08 Å². The molecule has 0 atom stereocenters. The first-order chi connectivity index (χ1) is 13.2. The molecule has 1 rings (SSSR count). The van der Waals surface area contributed by atoms with Crippen molar-refractivity contribution in [2.45, 2.75) is 6.92 Å². The van der Waals surface area contributed by atoms with E-state index in [2.05, 4.69) is 32.9 Å². The Kier molecular flexibility index (Phi) is 8.82. The summed E-state index contributed by atoms with van der Waals surface area (Å²) in [6.07, 6.45) is 5.33. The van der Waals surface area contributed by atoms with Crippen molar-refractivity contribution in [2.75, 3.05) is 13.2 Å². The molecule has 0 aliphatic rings. The molecule has 1 aromatic rings. The summed E-state index contributed by atoms with van der Waals surface area (Å²) in [5.41, 5.74) is 0.830. The van der Waals surface area contributed by atoms with Crippen LogP contribution in [0.2, 0.25) is 0 Å². The van der Waals surface area contributed by atoms with Crippen molar-refractivity contribution >= 4 is 6.08 Å². The maximum Gasteiger partial charge on any atom is 0.201 e. The molecule has 0 unspecified atom stereocenters. The van der Waals surface area contributed by atoms with E-state index in [-0.39, 0.29) is 29.3 Å². The van der Waals surface area contributed by atoms with Crippen LogP contribution in [0, 0.1) is 11.6 Å². The lowest BCUT2D eigenvalue weighted by Gasteiger charge is -2.09. The summed E-state index contributed by atoms with van der Waals surface area (Å²) in [6.45, 7) is 20.1. The molecule has 0 radical (unpaired) electrons. The summed E-state index contributed by atoms with van der Waals surface area (Å²) < 4.78 is 51.9. The second-order valence-electron chi connectivity index (χ2n) is 5.66. The van der Waals surface area contributed by atoms with Gasteiger partial charge in [-0.15, -0.1) is 0 Å². The zero-order valence-electron chi connectivity index (χ0n) is 15.9. The Balaban J connectivity index is 2.68. The molecule has 0 heterocycles. The van der Waals surface area contributed by atoms with Gasteiger partial charge in [0.05, 0.1) is 6.61 Å². The monoisotopic (exact) mass is 388 g/mol. The Hall–Kier alpha value is -3.21. The summed E-state index contributed by atoms with van der Waals surface area (Å²) in [4.78, 5) is 0. The zero-order valence-corrected chi connectivity index (χ0v) is 15.9. The molecule has 2 nitrogen and oxygen atoms in total. The molecule has 148 valence electrons. The fourth-order valence-electron chi connectivity index (χ4n) is 1.96. The van der Waals surface area contributed by atoms with E-state index in [4.69, 9.17) is 9.47 Å². The average Bonchev–Trinajstić information content (AvgIpc) is 2.66. The third-order valence-corrected chi connectivity index (χ3v) is 3.52. The predicted octanol–water partition coefficient (Wildman–Crippen LogP) is 6.62. The quantitative estimate of drug-likeness (QED) is 0.313. The van der Waals surface area contributed by atoms with Gasteiger partial charge in [-0.3, -0.25) is 0 Å². The highest BCUT2D eigenvalue weighted by molar-refractivity contribution is 5.50. The van der Waals surface area contributed by atoms with Gasteiger partial charge in [0.1, 0.15) is 18.2 Å². The maximum atomic E-state index is 14.1. The van der Waals surface area contributed by atoms with Gasteiger partial charge in [-0.1, -0.05) is 51.1 Å². The molecular weight excluding hydrogens is 365 g/mol. The molecular formula is C23H23F3O2. The normalized spacial score (nSPS) is 11.2. The van der Waals surface area contributed by atoms with Crippen LogP contribution in [0.3, 0.4) is 0 Å². The highest BCUT2D eigenvalue weighted by atomic mass is 19.2. The number of halogens is 3. The van der Waals surface area contributed by atoms with Gasteiger partial charge < -0.3 is 9.47 Å². The van der Waals surface area contributed by atoms with Crippen molar-refractivity contribution in [1.29, 1.82) is 0 Å². The van der Waals surface area contributed by atoms with Crippen molar-refractivity contribution in [2.24, 2.45) is 0 Å². The van der Waals surface area contributed by atoms with Crippen LogP contribution < -0.4 is 4.74 Å². The molecule has 0 spiro atoms. The molecule has 0 amide bonds. The standard InChI is InChI=1S/C23H23F3O2/c1-7-19-11-12-21(23(26)22(19)25)28-14-15(3)9-10-16(4)18(6)20(24)13-17(5)27-8-2/h7,9-13H,1,3-6,8,14H2,2H3/b10-9-,20-13+. The van der Waals surface area contributed by atoms with Crippen molar-refractivity contribution in [3.05, 3.63) is 109 Å². The highest BCUT2D eigenvalue weighted by Gasteiger charge is 2.13. The molecule has 0 aromatic heterocycles. The summed E-state index contributed by atoms with van der Waals surface area (Å²) in [7, 11) is 0. The number of ether oxygens (including phenoxy) is 2. The molecule has 0 fully saturated rings. The van der Waals surface area contributed by atoms with Gasteiger partial charge in [0.15, 0.2) is 11.6 Å². The van der Waals surface area contributed by atoms with E-state index in [0.29, 0.717) is 17.8 Å². The lowest BCUT2D eigenvalue weighted by molar-refractivity contribution is 0.243. The molecule has 0 N–H and O–H groups in total. The van der Waals surface area contributed by atoms with Gasteiger partial charge in [0.2, 0.25) is 5.82 Å². The second kappa shape index (κ2) is 10.8. The van der Waals surface area contributed by atoms with E-state index in [9.17, 15) is 13.2 Å². The molecule has 0 saturated carbocycles. The minimum Gasteiger partial charge on any atom is -0.494 e. The maximum absolute atomic E-state index is 14.1. The summed E-state index contributed by atoms with van der Waals surface area (Å²) in [5, 5.41) is 0. The van der Waals surface area contributed by atoms with Gasteiger partial charge in [0, 0.05) is 17.2 Å². The van der Waals surface area contributed by atoms with Crippen molar-refractivity contribution in [3.8, 4) is 5.75 Å². The minimum absolute atomic E-state index is 0.0421. The lowest BCUT2D eigenvalue weighted by Crippen LogP contribution is -2.02. The number of hydrogen-bond donors (Lipinski definition) is 0. The zero-order chi connectivity index (χ0) is 21.3. The fourth-order valence-corrected chi connectivity index (χ4v) is 1.96. The summed E-state index contributed by atoms with van der Waals surface area (Å²) >= 11 is 0. The molecule has 0 aliphatic carbocycles. The number of hydrogen-bond acceptors (Lipinski definition) is 2. The third kappa shape index (κ3) is 6.50. The van der Waals surface area contributed by atoms with Crippen LogP contribution in [0.15, 0.2) is 91.6 Å². The molecule has 0 bridgehead atoms. The van der Waals surface area contributed by atoms with E-state index < -0.39 is 17.5 Å². The Morgan fingerprint density at radius 1 is 1.07 bits per heavy atom. The van der Waals surface area contributed by atoms with Gasteiger partial charge in [0.25, 0.3) is 0 Å². The van der Waals surface area contributed by atoms with Crippen molar-refractivity contribution < 1.29 is 22.6 Å². The molecule has 5 heteroatoms. The number of allylic oxidation sites excluding steroid dienone is 5. The Morgan fingerprint density at radius 3 is 2.36 bits per heavy atom. The van der Waals surface area contributed by atoms with Crippen molar-refractivity contribution in [1.82, 2.24) is 0 Å². The number of benzene rings is 1. The van der Waals surface area contributed by atoms with Gasteiger partial charge in [-0.25, -0.2) is 8.78 Å². The first-order valence-electron chi connectivity index (χ1n) is 8.37. The molecule has 1 aromatic carbocycles. The van der Waals surface area contributed by atoms with Crippen LogP contribution in [0.25, 0.3) is 6.08 Å².